The van der Waals surface area contributed by atoms with Gasteiger partial charge in [-0.2, -0.15) is 0 Å². The Kier molecular flexibility index (Phi) is 3.06. The molecule has 0 aliphatic heterocycles. The normalized spacial score (nSPS) is 10.9. The van der Waals surface area contributed by atoms with Crippen molar-refractivity contribution in [1.29, 1.82) is 0 Å². The van der Waals surface area contributed by atoms with Gasteiger partial charge in [0, 0.05) is 12.6 Å². The Morgan fingerprint density at radius 1 is 1.29 bits per heavy atom. The highest BCUT2D eigenvalue weighted by molar-refractivity contribution is 5.76. The molecule has 106 valence electrons. The highest BCUT2D eigenvalue weighted by Crippen LogP contribution is 2.24. The zero-order chi connectivity index (χ0) is 15.0. The van der Waals surface area contributed by atoms with Crippen molar-refractivity contribution < 1.29 is 4.92 Å². The van der Waals surface area contributed by atoms with E-state index in [9.17, 15) is 10.1 Å². The largest absolute Gasteiger partial charge is 0.393 e. The van der Waals surface area contributed by atoms with Gasteiger partial charge in [-0.3, -0.25) is 10.1 Å². The number of hydrogen-bond donors (Lipinski definition) is 1. The van der Waals surface area contributed by atoms with Gasteiger partial charge >= 0.3 is 0 Å². The molecule has 0 atom stereocenters. The molecule has 0 bridgehead atoms. The van der Waals surface area contributed by atoms with Gasteiger partial charge in [-0.1, -0.05) is 18.2 Å². The molecular weight excluding hydrogens is 268 g/mol. The van der Waals surface area contributed by atoms with Crippen LogP contribution in [0.25, 0.3) is 11.0 Å². The maximum absolute atomic E-state index is 10.8. The van der Waals surface area contributed by atoms with Gasteiger partial charge in [0.25, 0.3) is 5.69 Å². The molecule has 6 nitrogen and oxygen atoms in total. The lowest BCUT2D eigenvalue weighted by molar-refractivity contribution is -0.383. The van der Waals surface area contributed by atoms with Crippen LogP contribution in [0.2, 0.25) is 0 Å². The summed E-state index contributed by atoms with van der Waals surface area (Å²) in [5.74, 6) is 0.896. The molecular formula is C15H14N4O2. The van der Waals surface area contributed by atoms with Crippen LogP contribution in [0.1, 0.15) is 11.4 Å². The van der Waals surface area contributed by atoms with Crippen molar-refractivity contribution in [3.63, 3.8) is 0 Å². The van der Waals surface area contributed by atoms with Gasteiger partial charge in [0.2, 0.25) is 0 Å². The van der Waals surface area contributed by atoms with E-state index in [4.69, 9.17) is 5.73 Å². The van der Waals surface area contributed by atoms with E-state index in [1.165, 1.54) is 6.07 Å². The van der Waals surface area contributed by atoms with Gasteiger partial charge in [0.1, 0.15) is 11.5 Å². The van der Waals surface area contributed by atoms with Crippen LogP contribution in [0.15, 0.2) is 42.5 Å². The molecule has 0 radical (unpaired) electrons. The van der Waals surface area contributed by atoms with Gasteiger partial charge in [0.05, 0.1) is 16.0 Å². The molecule has 3 aromatic rings. The minimum atomic E-state index is -0.475. The summed E-state index contributed by atoms with van der Waals surface area (Å²) in [6.07, 6.45) is 0. The van der Waals surface area contributed by atoms with Gasteiger partial charge in [-0.05, 0) is 30.7 Å². The Morgan fingerprint density at radius 2 is 2.05 bits per heavy atom. The summed E-state index contributed by atoms with van der Waals surface area (Å²) in [5, 5.41) is 10.8. The zero-order valence-corrected chi connectivity index (χ0v) is 11.5. The molecule has 0 saturated carbocycles. The van der Waals surface area contributed by atoms with E-state index in [-0.39, 0.29) is 11.4 Å². The molecule has 0 fully saturated rings. The third kappa shape index (κ3) is 2.31. The highest BCUT2D eigenvalue weighted by atomic mass is 16.6. The third-order valence-electron chi connectivity index (χ3n) is 3.47. The van der Waals surface area contributed by atoms with E-state index in [1.807, 2.05) is 31.2 Å². The molecule has 2 aromatic carbocycles. The van der Waals surface area contributed by atoms with Crippen LogP contribution >= 0.6 is 0 Å². The minimum Gasteiger partial charge on any atom is -0.393 e. The second-order valence-corrected chi connectivity index (χ2v) is 4.88. The molecule has 0 aliphatic rings. The first-order valence-electron chi connectivity index (χ1n) is 6.51. The lowest BCUT2D eigenvalue weighted by atomic mass is 10.1. The number of aryl methyl sites for hydroxylation is 1. The number of nitrogens with zero attached hydrogens (tertiary/aromatic N) is 3. The Balaban J connectivity index is 2.01. The first-order valence-corrected chi connectivity index (χ1v) is 6.51. The smallest absolute Gasteiger partial charge is 0.292 e. The topological polar surface area (TPSA) is 87.0 Å². The Bertz CT molecular complexity index is 839. The van der Waals surface area contributed by atoms with Gasteiger partial charge < -0.3 is 10.3 Å². The fourth-order valence-corrected chi connectivity index (χ4v) is 2.45. The number of imidazole rings is 1. The SMILES string of the molecule is Cc1nc2ccccc2n1Cc1ccc([N+](=O)[O-])c(N)c1. The second kappa shape index (κ2) is 4.90. The zero-order valence-electron chi connectivity index (χ0n) is 11.5. The molecule has 3 rings (SSSR count). The summed E-state index contributed by atoms with van der Waals surface area (Å²) in [6, 6.07) is 12.7. The molecule has 6 heteroatoms. The fraction of sp³-hybridized carbons (Fsp3) is 0.133. The van der Waals surface area contributed by atoms with Crippen molar-refractivity contribution in [1.82, 2.24) is 9.55 Å². The van der Waals surface area contributed by atoms with E-state index < -0.39 is 4.92 Å². The predicted molar refractivity (Wildman–Crippen MR) is 81.1 cm³/mol. The van der Waals surface area contributed by atoms with E-state index in [2.05, 4.69) is 9.55 Å². The number of nitrogen functional groups attached to an aromatic ring is 1. The maximum atomic E-state index is 10.8. The Morgan fingerprint density at radius 3 is 2.76 bits per heavy atom. The maximum Gasteiger partial charge on any atom is 0.292 e. The molecule has 1 heterocycles. The van der Waals surface area contributed by atoms with Gasteiger partial charge in [-0.15, -0.1) is 0 Å². The molecule has 2 N–H and O–H groups in total. The van der Waals surface area contributed by atoms with Crippen LogP contribution in [0.3, 0.4) is 0 Å². The van der Waals surface area contributed by atoms with Crippen molar-refractivity contribution >= 4 is 22.4 Å². The summed E-state index contributed by atoms with van der Waals surface area (Å²) in [4.78, 5) is 14.8. The van der Waals surface area contributed by atoms with E-state index in [0.29, 0.717) is 6.54 Å². The number of para-hydroxylation sites is 2. The molecule has 0 amide bonds. The molecule has 1 aromatic heterocycles. The first-order chi connectivity index (χ1) is 10.1. The van der Waals surface area contributed by atoms with Crippen LogP contribution < -0.4 is 5.73 Å². The summed E-state index contributed by atoms with van der Waals surface area (Å²) in [6.45, 7) is 2.52. The molecule has 0 saturated heterocycles. The number of hydrogen-bond acceptors (Lipinski definition) is 4. The summed E-state index contributed by atoms with van der Waals surface area (Å²) in [5.41, 5.74) is 8.73. The number of aromatic nitrogens is 2. The van der Waals surface area contributed by atoms with Crippen molar-refractivity contribution in [2.75, 3.05) is 5.73 Å². The lowest BCUT2D eigenvalue weighted by Gasteiger charge is -2.08. The summed E-state index contributed by atoms with van der Waals surface area (Å²) >= 11 is 0. The first kappa shape index (κ1) is 13.1. The van der Waals surface area contributed by atoms with Crippen LogP contribution in [0, 0.1) is 17.0 Å². The lowest BCUT2D eigenvalue weighted by Crippen LogP contribution is -2.03. The van der Waals surface area contributed by atoms with Crippen molar-refractivity contribution in [2.45, 2.75) is 13.5 Å². The second-order valence-electron chi connectivity index (χ2n) is 4.88. The summed E-state index contributed by atoms with van der Waals surface area (Å²) < 4.78 is 2.07. The third-order valence-corrected chi connectivity index (χ3v) is 3.47. The molecule has 0 aliphatic carbocycles. The van der Waals surface area contributed by atoms with E-state index in [1.54, 1.807) is 12.1 Å². The number of nitro groups is 1. The Labute approximate surface area is 121 Å². The molecule has 21 heavy (non-hydrogen) atoms. The van der Waals surface area contributed by atoms with E-state index in [0.717, 1.165) is 22.4 Å². The van der Waals surface area contributed by atoms with Crippen molar-refractivity contribution in [3.05, 3.63) is 64.0 Å². The van der Waals surface area contributed by atoms with Gasteiger partial charge in [-0.25, -0.2) is 4.98 Å². The predicted octanol–water partition coefficient (Wildman–Crippen LogP) is 2.88. The standard InChI is InChI=1S/C15H14N4O2/c1-10-17-13-4-2-3-5-15(13)18(10)9-11-6-7-14(19(20)21)12(16)8-11/h2-8H,9,16H2,1H3. The molecule has 0 spiro atoms. The monoisotopic (exact) mass is 282 g/mol. The van der Waals surface area contributed by atoms with Gasteiger partial charge in [0.15, 0.2) is 0 Å². The Hall–Kier alpha value is -2.89. The van der Waals surface area contributed by atoms with Crippen LogP contribution in [0.4, 0.5) is 11.4 Å². The number of nitrogens with two attached hydrogens (primary N) is 1. The number of fused-ring (bicyclic) bond motifs is 1. The van der Waals surface area contributed by atoms with Crippen LogP contribution in [-0.2, 0) is 6.54 Å². The van der Waals surface area contributed by atoms with Crippen LogP contribution in [-0.4, -0.2) is 14.5 Å². The average Bonchev–Trinajstić information content (AvgIpc) is 2.75. The van der Waals surface area contributed by atoms with E-state index >= 15 is 0 Å². The number of benzene rings is 2. The van der Waals surface area contributed by atoms with Crippen LogP contribution in [0.5, 0.6) is 0 Å². The number of anilines is 1. The number of nitro benzene ring substituents is 1. The fourth-order valence-electron chi connectivity index (χ4n) is 2.45. The average molecular weight is 282 g/mol. The summed E-state index contributed by atoms with van der Waals surface area (Å²) in [7, 11) is 0. The van der Waals surface area contributed by atoms with Crippen molar-refractivity contribution in [3.8, 4) is 0 Å². The minimum absolute atomic E-state index is 0.0639. The molecule has 0 unspecified atom stereocenters. The quantitative estimate of drug-likeness (QED) is 0.454. The number of rotatable bonds is 3. The highest BCUT2D eigenvalue weighted by Gasteiger charge is 2.12. The van der Waals surface area contributed by atoms with Crippen molar-refractivity contribution in [2.24, 2.45) is 0 Å².